The Balaban J connectivity index is 2.91. The SMILES string of the molecule is O=C(I)c1ccc(CI)cc1. The van der Waals surface area contributed by atoms with Crippen LogP contribution in [0.2, 0.25) is 0 Å². The number of benzene rings is 1. The fourth-order valence-electron chi connectivity index (χ4n) is 0.725. The highest BCUT2D eigenvalue weighted by Gasteiger charge is 1.98. The fraction of sp³-hybridized carbons (Fsp3) is 0.125. The molecule has 0 N–H and O–H groups in total. The predicted octanol–water partition coefficient (Wildman–Crippen LogP) is 3.20. The quantitative estimate of drug-likeness (QED) is 0.443. The molecule has 3 heteroatoms. The molecule has 0 aromatic heterocycles. The van der Waals surface area contributed by atoms with Crippen molar-refractivity contribution in [3.8, 4) is 0 Å². The molecule has 0 atom stereocenters. The zero-order chi connectivity index (χ0) is 8.27. The molecule has 0 aliphatic heterocycles. The van der Waals surface area contributed by atoms with Gasteiger partial charge >= 0.3 is 0 Å². The maximum atomic E-state index is 10.8. The Morgan fingerprint density at radius 2 is 1.82 bits per heavy atom. The third kappa shape index (κ3) is 2.70. The number of hydrogen-bond donors (Lipinski definition) is 0. The molecule has 0 saturated heterocycles. The molecule has 0 spiro atoms. The summed E-state index contributed by atoms with van der Waals surface area (Å²) < 4.78 is 1.09. The van der Waals surface area contributed by atoms with Crippen molar-refractivity contribution >= 4 is 49.0 Å². The van der Waals surface area contributed by atoms with E-state index in [0.717, 1.165) is 9.99 Å². The first-order valence-corrected chi connectivity index (χ1v) is 5.69. The molecule has 0 aliphatic carbocycles. The lowest BCUT2D eigenvalue weighted by molar-refractivity contribution is 0.110. The van der Waals surface area contributed by atoms with E-state index in [1.807, 2.05) is 24.3 Å². The molecular weight excluding hydrogens is 366 g/mol. The van der Waals surface area contributed by atoms with Gasteiger partial charge in [0.15, 0.2) is 0 Å². The summed E-state index contributed by atoms with van der Waals surface area (Å²) in [5, 5.41) is 0. The lowest BCUT2D eigenvalue weighted by Crippen LogP contribution is -1.87. The van der Waals surface area contributed by atoms with Crippen molar-refractivity contribution < 1.29 is 4.79 Å². The second-order valence-corrected chi connectivity index (χ2v) is 3.85. The van der Waals surface area contributed by atoms with Crippen LogP contribution >= 0.6 is 45.2 Å². The third-order valence-corrected chi connectivity index (χ3v) is 2.84. The Bertz CT molecular complexity index is 253. The number of halogens is 2. The highest BCUT2D eigenvalue weighted by Crippen LogP contribution is 2.10. The lowest BCUT2D eigenvalue weighted by atomic mass is 10.2. The van der Waals surface area contributed by atoms with Gasteiger partial charge in [0.05, 0.1) is 0 Å². The van der Waals surface area contributed by atoms with Crippen molar-refractivity contribution in [2.45, 2.75) is 4.43 Å². The summed E-state index contributed by atoms with van der Waals surface area (Å²) in [6, 6.07) is 7.70. The molecule has 1 rings (SSSR count). The number of carbonyl (C=O) groups excluding carboxylic acids is 1. The van der Waals surface area contributed by atoms with Crippen molar-refractivity contribution in [3.05, 3.63) is 35.4 Å². The summed E-state index contributed by atoms with van der Waals surface area (Å²) in [6.45, 7) is 0. The van der Waals surface area contributed by atoms with Crippen LogP contribution in [0.25, 0.3) is 0 Å². The van der Waals surface area contributed by atoms with E-state index in [2.05, 4.69) is 22.6 Å². The van der Waals surface area contributed by atoms with Gasteiger partial charge in [-0.05, 0) is 5.56 Å². The van der Waals surface area contributed by atoms with Crippen LogP contribution in [0.3, 0.4) is 0 Å². The second-order valence-electron chi connectivity index (χ2n) is 2.10. The van der Waals surface area contributed by atoms with Gasteiger partial charge in [0.2, 0.25) is 3.79 Å². The van der Waals surface area contributed by atoms with E-state index in [1.165, 1.54) is 5.56 Å². The fourth-order valence-corrected chi connectivity index (χ4v) is 1.59. The van der Waals surface area contributed by atoms with Crippen LogP contribution in [0.1, 0.15) is 15.9 Å². The third-order valence-electron chi connectivity index (χ3n) is 1.34. The highest BCUT2D eigenvalue weighted by atomic mass is 127. The maximum Gasteiger partial charge on any atom is 0.222 e. The van der Waals surface area contributed by atoms with Gasteiger partial charge in [0, 0.05) is 32.6 Å². The van der Waals surface area contributed by atoms with E-state index >= 15 is 0 Å². The van der Waals surface area contributed by atoms with Gasteiger partial charge < -0.3 is 0 Å². The minimum atomic E-state index is 0.0996. The molecule has 1 aromatic rings. The van der Waals surface area contributed by atoms with Crippen molar-refractivity contribution in [3.63, 3.8) is 0 Å². The molecule has 11 heavy (non-hydrogen) atoms. The van der Waals surface area contributed by atoms with Crippen LogP contribution in [-0.4, -0.2) is 3.79 Å². The van der Waals surface area contributed by atoms with E-state index < -0.39 is 0 Å². The minimum Gasteiger partial charge on any atom is -0.282 e. The summed E-state index contributed by atoms with van der Waals surface area (Å²) in [5.41, 5.74) is 2.03. The number of rotatable bonds is 2. The Morgan fingerprint density at radius 3 is 2.18 bits per heavy atom. The van der Waals surface area contributed by atoms with Gasteiger partial charge in [0.25, 0.3) is 0 Å². The normalized spacial score (nSPS) is 9.64. The van der Waals surface area contributed by atoms with E-state index in [4.69, 9.17) is 0 Å². The average Bonchev–Trinajstić information content (AvgIpc) is 2.05. The molecule has 58 valence electrons. The van der Waals surface area contributed by atoms with Gasteiger partial charge in [-0.1, -0.05) is 46.9 Å². The lowest BCUT2D eigenvalue weighted by Gasteiger charge is -1.95. The van der Waals surface area contributed by atoms with Crippen molar-refractivity contribution in [2.75, 3.05) is 0 Å². The number of hydrogen-bond acceptors (Lipinski definition) is 1. The molecule has 1 aromatic carbocycles. The van der Waals surface area contributed by atoms with Gasteiger partial charge in [0.1, 0.15) is 0 Å². The van der Waals surface area contributed by atoms with Crippen molar-refractivity contribution in [1.82, 2.24) is 0 Å². The first-order chi connectivity index (χ1) is 5.24. The zero-order valence-corrected chi connectivity index (χ0v) is 10.00. The molecular formula is C8H6I2O. The Morgan fingerprint density at radius 1 is 1.27 bits per heavy atom. The van der Waals surface area contributed by atoms with Crippen LogP contribution < -0.4 is 0 Å². The van der Waals surface area contributed by atoms with E-state index in [1.54, 1.807) is 22.6 Å². The first kappa shape index (κ1) is 9.44. The second kappa shape index (κ2) is 4.39. The average molecular weight is 372 g/mol. The molecule has 0 aliphatic rings. The van der Waals surface area contributed by atoms with Crippen LogP contribution in [0.4, 0.5) is 0 Å². The molecule has 0 fully saturated rings. The van der Waals surface area contributed by atoms with E-state index in [-0.39, 0.29) is 3.79 Å². The Hall–Kier alpha value is 0.350. The summed E-state index contributed by atoms with van der Waals surface area (Å²) >= 11 is 4.09. The van der Waals surface area contributed by atoms with Gasteiger partial charge in [-0.15, -0.1) is 0 Å². The molecule has 0 saturated carbocycles. The summed E-state index contributed by atoms with van der Waals surface area (Å²) in [6.07, 6.45) is 0. The standard InChI is InChI=1S/C8H6I2O/c9-5-6-1-3-7(4-2-6)8(10)11/h1-4H,5H2. The largest absolute Gasteiger partial charge is 0.282 e. The van der Waals surface area contributed by atoms with Crippen LogP contribution in [-0.2, 0) is 4.43 Å². The molecule has 0 radical (unpaired) electrons. The van der Waals surface area contributed by atoms with Crippen molar-refractivity contribution in [1.29, 1.82) is 0 Å². The van der Waals surface area contributed by atoms with Crippen molar-refractivity contribution in [2.24, 2.45) is 0 Å². The molecule has 0 bridgehead atoms. The van der Waals surface area contributed by atoms with E-state index in [0.29, 0.717) is 0 Å². The van der Waals surface area contributed by atoms with Crippen LogP contribution in [0, 0.1) is 0 Å². The number of alkyl halides is 1. The van der Waals surface area contributed by atoms with Crippen LogP contribution in [0.15, 0.2) is 24.3 Å². The zero-order valence-electron chi connectivity index (χ0n) is 5.68. The minimum absolute atomic E-state index is 0.0996. The van der Waals surface area contributed by atoms with Gasteiger partial charge in [-0.3, -0.25) is 4.79 Å². The van der Waals surface area contributed by atoms with Crippen LogP contribution in [0.5, 0.6) is 0 Å². The van der Waals surface area contributed by atoms with E-state index in [9.17, 15) is 4.79 Å². The molecule has 0 amide bonds. The maximum absolute atomic E-state index is 10.8. The monoisotopic (exact) mass is 372 g/mol. The number of carbonyl (C=O) groups is 1. The topological polar surface area (TPSA) is 17.1 Å². The van der Waals surface area contributed by atoms with Gasteiger partial charge in [-0.2, -0.15) is 0 Å². The summed E-state index contributed by atoms with van der Waals surface area (Å²) in [7, 11) is 0. The smallest absolute Gasteiger partial charge is 0.222 e. The Kier molecular flexibility index (Phi) is 3.77. The predicted molar refractivity (Wildman–Crippen MR) is 62.5 cm³/mol. The summed E-state index contributed by atoms with van der Waals surface area (Å²) in [4.78, 5) is 10.8. The molecule has 1 nitrogen and oxygen atoms in total. The molecule has 0 heterocycles. The highest BCUT2D eigenvalue weighted by molar-refractivity contribution is 14.1. The molecule has 0 unspecified atom stereocenters. The first-order valence-electron chi connectivity index (χ1n) is 3.09. The van der Waals surface area contributed by atoms with Gasteiger partial charge in [-0.25, -0.2) is 0 Å². The Labute approximate surface area is 92.8 Å². The summed E-state index contributed by atoms with van der Waals surface area (Å²) in [5.74, 6) is 0.